The maximum Gasteiger partial charge on any atom is 0.235 e. The third-order valence-electron chi connectivity index (χ3n) is 4.43. The van der Waals surface area contributed by atoms with Gasteiger partial charge in [0.15, 0.2) is 5.78 Å². The van der Waals surface area contributed by atoms with Gasteiger partial charge in [0.05, 0.1) is 34.8 Å². The van der Waals surface area contributed by atoms with E-state index in [1.54, 1.807) is 48.7 Å². The number of hydrogen-bond acceptors (Lipinski definition) is 5. The van der Waals surface area contributed by atoms with Crippen molar-refractivity contribution in [1.29, 1.82) is 0 Å². The molecular weight excluding hydrogens is 394 g/mol. The van der Waals surface area contributed by atoms with Gasteiger partial charge in [-0.05, 0) is 36.9 Å². The summed E-state index contributed by atoms with van der Waals surface area (Å²) in [5.41, 5.74) is 2.61. The van der Waals surface area contributed by atoms with Gasteiger partial charge in [-0.15, -0.1) is 11.3 Å². The zero-order valence-corrected chi connectivity index (χ0v) is 17.5. The van der Waals surface area contributed by atoms with Crippen LogP contribution in [-0.2, 0) is 16.6 Å². The Morgan fingerprint density at radius 1 is 1.21 bits per heavy atom. The molecule has 3 aromatic rings. The highest BCUT2D eigenvalue weighted by molar-refractivity contribution is 7.92. The number of rotatable bonds is 9. The molecule has 148 valence electrons. The van der Waals surface area contributed by atoms with E-state index in [0.717, 1.165) is 22.6 Å². The Labute approximate surface area is 169 Å². The van der Waals surface area contributed by atoms with Gasteiger partial charge < -0.3 is 0 Å². The first-order valence-corrected chi connectivity index (χ1v) is 11.6. The predicted octanol–water partition coefficient (Wildman–Crippen LogP) is 4.48. The molecule has 6 nitrogen and oxygen atoms in total. The molecule has 1 aromatic carbocycles. The molecule has 2 heterocycles. The number of benzene rings is 1. The van der Waals surface area contributed by atoms with Crippen LogP contribution in [0.1, 0.15) is 42.6 Å². The summed E-state index contributed by atoms with van der Waals surface area (Å²) in [6, 6.07) is 10.7. The van der Waals surface area contributed by atoms with Gasteiger partial charge in [-0.25, -0.2) is 8.42 Å². The predicted molar refractivity (Wildman–Crippen MR) is 113 cm³/mol. The van der Waals surface area contributed by atoms with Crippen LogP contribution in [0.4, 0.5) is 5.69 Å². The minimum Gasteiger partial charge on any atom is -0.294 e. The van der Waals surface area contributed by atoms with E-state index >= 15 is 0 Å². The fourth-order valence-electron chi connectivity index (χ4n) is 2.93. The molecule has 1 N–H and O–H groups in total. The van der Waals surface area contributed by atoms with Crippen molar-refractivity contribution in [1.82, 2.24) is 10.2 Å². The Balaban J connectivity index is 2.00. The number of sulfonamides is 1. The molecule has 0 saturated heterocycles. The summed E-state index contributed by atoms with van der Waals surface area (Å²) in [6.07, 6.45) is 2.84. The fraction of sp³-hybridized carbons (Fsp3) is 0.300. The van der Waals surface area contributed by atoms with E-state index in [-0.39, 0.29) is 18.1 Å². The molecule has 2 aromatic heterocycles. The average Bonchev–Trinajstić information content (AvgIpc) is 3.37. The molecule has 0 amide bonds. The van der Waals surface area contributed by atoms with Gasteiger partial charge >= 0.3 is 0 Å². The summed E-state index contributed by atoms with van der Waals surface area (Å²) in [5.74, 6) is -0.0208. The Morgan fingerprint density at radius 2 is 2.04 bits per heavy atom. The number of aromatic amines is 1. The number of anilines is 1. The van der Waals surface area contributed by atoms with E-state index < -0.39 is 10.0 Å². The van der Waals surface area contributed by atoms with Crippen molar-refractivity contribution in [3.63, 3.8) is 0 Å². The highest BCUT2D eigenvalue weighted by Crippen LogP contribution is 2.29. The number of carbonyl (C=O) groups excluding carboxylic acids is 1. The lowest BCUT2D eigenvalue weighted by molar-refractivity contribution is 0.0981. The van der Waals surface area contributed by atoms with Crippen molar-refractivity contribution in [2.24, 2.45) is 0 Å². The standard InChI is InChI=1S/C20H23N3O3S2/c1-3-7-18(24)15-8-5-9-17(12-15)23(28(25,26)4-2)14-16-13-21-22-20(16)19-10-6-11-27-19/h5-6,8-13H,3-4,7,14H2,1-2H3,(H,21,22). The average molecular weight is 418 g/mol. The topological polar surface area (TPSA) is 83.1 Å². The number of H-pyrrole nitrogens is 1. The first kappa shape index (κ1) is 20.3. The van der Waals surface area contributed by atoms with Crippen LogP contribution in [0.25, 0.3) is 10.6 Å². The molecule has 0 aliphatic carbocycles. The van der Waals surface area contributed by atoms with Gasteiger partial charge in [0.25, 0.3) is 0 Å². The maximum atomic E-state index is 12.8. The zero-order chi connectivity index (χ0) is 20.1. The second kappa shape index (κ2) is 8.70. The van der Waals surface area contributed by atoms with Gasteiger partial charge in [-0.2, -0.15) is 5.10 Å². The molecule has 8 heteroatoms. The molecule has 0 bridgehead atoms. The normalized spacial score (nSPS) is 11.5. The van der Waals surface area contributed by atoms with Gasteiger partial charge in [0.1, 0.15) is 0 Å². The van der Waals surface area contributed by atoms with Crippen molar-refractivity contribution in [2.45, 2.75) is 33.2 Å². The summed E-state index contributed by atoms with van der Waals surface area (Å²) in [6.45, 7) is 3.70. The molecule has 0 fully saturated rings. The smallest absolute Gasteiger partial charge is 0.235 e. The minimum atomic E-state index is -3.55. The number of ketones is 1. The van der Waals surface area contributed by atoms with Crippen LogP contribution >= 0.6 is 11.3 Å². The van der Waals surface area contributed by atoms with Gasteiger partial charge in [-0.3, -0.25) is 14.2 Å². The van der Waals surface area contributed by atoms with E-state index in [9.17, 15) is 13.2 Å². The first-order valence-electron chi connectivity index (χ1n) is 9.16. The van der Waals surface area contributed by atoms with Gasteiger partial charge in [-0.1, -0.05) is 25.1 Å². The number of nitrogens with one attached hydrogen (secondary N) is 1. The largest absolute Gasteiger partial charge is 0.294 e. The molecule has 0 saturated carbocycles. The van der Waals surface area contributed by atoms with E-state index in [0.29, 0.717) is 17.7 Å². The Hall–Kier alpha value is -2.45. The van der Waals surface area contributed by atoms with Crippen molar-refractivity contribution >= 4 is 32.8 Å². The summed E-state index contributed by atoms with van der Waals surface area (Å²) in [5, 5.41) is 9.04. The lowest BCUT2D eigenvalue weighted by atomic mass is 10.1. The highest BCUT2D eigenvalue weighted by Gasteiger charge is 2.24. The second-order valence-electron chi connectivity index (χ2n) is 6.38. The van der Waals surface area contributed by atoms with Crippen LogP contribution in [0.3, 0.4) is 0 Å². The minimum absolute atomic E-state index is 0.0146. The van der Waals surface area contributed by atoms with E-state index in [1.165, 1.54) is 4.31 Å². The molecule has 28 heavy (non-hydrogen) atoms. The molecular formula is C20H23N3O3S2. The van der Waals surface area contributed by atoms with E-state index in [1.807, 2.05) is 24.4 Å². The molecule has 3 rings (SSSR count). The summed E-state index contributed by atoms with van der Waals surface area (Å²) in [7, 11) is -3.55. The first-order chi connectivity index (χ1) is 13.5. The maximum absolute atomic E-state index is 12.8. The number of hydrogen-bond donors (Lipinski definition) is 1. The van der Waals surface area contributed by atoms with Gasteiger partial charge in [0.2, 0.25) is 10.0 Å². The SMILES string of the molecule is CCCC(=O)c1cccc(N(Cc2cn[nH]c2-c2cccs2)S(=O)(=O)CC)c1. The third-order valence-corrected chi connectivity index (χ3v) is 7.06. The monoisotopic (exact) mass is 417 g/mol. The van der Waals surface area contributed by atoms with Crippen LogP contribution in [0.5, 0.6) is 0 Å². The van der Waals surface area contributed by atoms with Gasteiger partial charge in [0, 0.05) is 17.5 Å². The molecule has 0 unspecified atom stereocenters. The Bertz CT molecular complexity index is 1040. The van der Waals surface area contributed by atoms with Crippen molar-refractivity contribution in [2.75, 3.05) is 10.1 Å². The number of carbonyl (C=O) groups is 1. The quantitative estimate of drug-likeness (QED) is 0.521. The molecule has 0 aliphatic rings. The molecule has 0 aliphatic heterocycles. The zero-order valence-electron chi connectivity index (χ0n) is 15.9. The van der Waals surface area contributed by atoms with Crippen LogP contribution in [0.15, 0.2) is 48.0 Å². The number of thiophene rings is 1. The van der Waals surface area contributed by atoms with Crippen molar-refractivity contribution in [3.8, 4) is 10.6 Å². The van der Waals surface area contributed by atoms with Crippen LogP contribution in [-0.4, -0.2) is 30.2 Å². The van der Waals surface area contributed by atoms with Crippen LogP contribution < -0.4 is 4.31 Å². The number of Topliss-reactive ketones (excluding diaryl/α,β-unsaturated/α-hetero) is 1. The summed E-state index contributed by atoms with van der Waals surface area (Å²) < 4.78 is 27.0. The number of nitrogens with zero attached hydrogens (tertiary/aromatic N) is 2. The molecule has 0 radical (unpaired) electrons. The van der Waals surface area contributed by atoms with Crippen molar-refractivity contribution in [3.05, 3.63) is 59.1 Å². The number of aromatic nitrogens is 2. The Kier molecular flexibility index (Phi) is 6.31. The fourth-order valence-corrected chi connectivity index (χ4v) is 4.77. The van der Waals surface area contributed by atoms with Crippen molar-refractivity contribution < 1.29 is 13.2 Å². The lowest BCUT2D eigenvalue weighted by Crippen LogP contribution is -2.32. The Morgan fingerprint density at radius 3 is 2.71 bits per heavy atom. The van der Waals surface area contributed by atoms with Crippen LogP contribution in [0.2, 0.25) is 0 Å². The summed E-state index contributed by atoms with van der Waals surface area (Å²) >= 11 is 1.56. The summed E-state index contributed by atoms with van der Waals surface area (Å²) in [4.78, 5) is 13.3. The molecule has 0 atom stereocenters. The lowest BCUT2D eigenvalue weighted by Gasteiger charge is -2.24. The second-order valence-corrected chi connectivity index (χ2v) is 9.51. The van der Waals surface area contributed by atoms with E-state index in [2.05, 4.69) is 10.2 Å². The third kappa shape index (κ3) is 4.34. The van der Waals surface area contributed by atoms with E-state index in [4.69, 9.17) is 0 Å². The molecule has 0 spiro atoms. The highest BCUT2D eigenvalue weighted by atomic mass is 32.2. The van der Waals surface area contributed by atoms with Crippen LogP contribution in [0, 0.1) is 0 Å².